The molecule has 0 atom stereocenters. The third-order valence-corrected chi connectivity index (χ3v) is 3.60. The number of aliphatic hydroxyl groups excluding tert-OH is 1. The molecular weight excluding hydrogens is 250 g/mol. The number of ether oxygens (including phenoxy) is 1. The van der Waals surface area contributed by atoms with Crippen molar-refractivity contribution in [1.29, 1.82) is 0 Å². The Balaban J connectivity index is 2.44. The summed E-state index contributed by atoms with van der Waals surface area (Å²) in [7, 11) is 0. The van der Waals surface area contributed by atoms with Gasteiger partial charge in [0.15, 0.2) is 0 Å². The van der Waals surface area contributed by atoms with E-state index in [1.54, 1.807) is 11.3 Å². The molecule has 18 heavy (non-hydrogen) atoms. The summed E-state index contributed by atoms with van der Waals surface area (Å²) < 4.78 is 5.48. The molecule has 0 aliphatic heterocycles. The summed E-state index contributed by atoms with van der Waals surface area (Å²) in [5, 5.41) is 12.9. The average Bonchev–Trinajstić information content (AvgIpc) is 2.79. The standard InChI is InChI=1S/C12H17N3O2S/c1-3-8-7-9-10(17-6-5-16)14-12(13-4-2)15-11(9)18-8/h7,16H,3-6H2,1-2H3,(H,13,14,15). The van der Waals surface area contributed by atoms with Crippen molar-refractivity contribution >= 4 is 27.5 Å². The minimum Gasteiger partial charge on any atom is -0.475 e. The number of aliphatic hydroxyl groups is 1. The van der Waals surface area contributed by atoms with Crippen LogP contribution in [0.4, 0.5) is 5.95 Å². The van der Waals surface area contributed by atoms with E-state index in [0.29, 0.717) is 11.8 Å². The molecule has 0 amide bonds. The first-order chi connectivity index (χ1) is 8.78. The highest BCUT2D eigenvalue weighted by Crippen LogP contribution is 2.31. The molecule has 5 nitrogen and oxygen atoms in total. The maximum absolute atomic E-state index is 8.84. The van der Waals surface area contributed by atoms with Crippen molar-refractivity contribution in [2.45, 2.75) is 20.3 Å². The molecule has 0 fully saturated rings. The zero-order valence-corrected chi connectivity index (χ0v) is 11.4. The number of nitrogens with one attached hydrogen (secondary N) is 1. The van der Waals surface area contributed by atoms with E-state index in [4.69, 9.17) is 9.84 Å². The van der Waals surface area contributed by atoms with Crippen LogP contribution in [0.1, 0.15) is 18.7 Å². The lowest BCUT2D eigenvalue weighted by Crippen LogP contribution is -2.07. The Morgan fingerprint density at radius 3 is 2.89 bits per heavy atom. The Bertz CT molecular complexity index is 527. The third kappa shape index (κ3) is 2.70. The fourth-order valence-corrected chi connectivity index (χ4v) is 2.57. The van der Waals surface area contributed by atoms with Gasteiger partial charge in [-0.05, 0) is 19.4 Å². The second kappa shape index (κ2) is 5.97. The first-order valence-electron chi connectivity index (χ1n) is 6.06. The molecule has 2 aromatic rings. The van der Waals surface area contributed by atoms with Crippen LogP contribution in [0.5, 0.6) is 5.88 Å². The summed E-state index contributed by atoms with van der Waals surface area (Å²) in [6.45, 7) is 5.09. The van der Waals surface area contributed by atoms with Gasteiger partial charge in [-0.3, -0.25) is 0 Å². The van der Waals surface area contributed by atoms with Crippen molar-refractivity contribution in [2.75, 3.05) is 25.1 Å². The second-order valence-corrected chi connectivity index (χ2v) is 4.86. The number of anilines is 1. The Hall–Kier alpha value is -1.40. The van der Waals surface area contributed by atoms with Gasteiger partial charge in [-0.15, -0.1) is 11.3 Å². The van der Waals surface area contributed by atoms with Gasteiger partial charge in [-0.25, -0.2) is 4.98 Å². The Morgan fingerprint density at radius 1 is 1.39 bits per heavy atom. The van der Waals surface area contributed by atoms with E-state index in [2.05, 4.69) is 28.3 Å². The third-order valence-electron chi connectivity index (χ3n) is 2.42. The molecule has 0 saturated heterocycles. The van der Waals surface area contributed by atoms with Crippen LogP contribution in [0.3, 0.4) is 0 Å². The molecule has 2 aromatic heterocycles. The highest BCUT2D eigenvalue weighted by atomic mass is 32.1. The van der Waals surface area contributed by atoms with E-state index in [-0.39, 0.29) is 13.2 Å². The number of aromatic nitrogens is 2. The predicted molar refractivity (Wildman–Crippen MR) is 73.5 cm³/mol. The van der Waals surface area contributed by atoms with Crippen molar-refractivity contribution in [3.05, 3.63) is 10.9 Å². The van der Waals surface area contributed by atoms with Crippen molar-refractivity contribution in [1.82, 2.24) is 9.97 Å². The van der Waals surface area contributed by atoms with Crippen LogP contribution < -0.4 is 10.1 Å². The molecule has 0 aliphatic carbocycles. The summed E-state index contributed by atoms with van der Waals surface area (Å²) in [5.41, 5.74) is 0. The minimum absolute atomic E-state index is 0.0210. The Morgan fingerprint density at radius 2 is 2.22 bits per heavy atom. The molecule has 0 aromatic carbocycles. The van der Waals surface area contributed by atoms with E-state index in [0.717, 1.165) is 23.2 Å². The lowest BCUT2D eigenvalue weighted by molar-refractivity contribution is 0.198. The summed E-state index contributed by atoms with van der Waals surface area (Å²) >= 11 is 1.65. The Kier molecular flexibility index (Phi) is 4.33. The summed E-state index contributed by atoms with van der Waals surface area (Å²) in [6.07, 6.45) is 0.969. The van der Waals surface area contributed by atoms with Crippen molar-refractivity contribution in [3.8, 4) is 5.88 Å². The first-order valence-corrected chi connectivity index (χ1v) is 6.88. The van der Waals surface area contributed by atoms with E-state index in [9.17, 15) is 0 Å². The summed E-state index contributed by atoms with van der Waals surface area (Å²) in [4.78, 5) is 11.0. The normalized spacial score (nSPS) is 10.8. The number of aryl methyl sites for hydroxylation is 1. The number of rotatable bonds is 6. The predicted octanol–water partition coefficient (Wildman–Crippen LogP) is 2.06. The monoisotopic (exact) mass is 267 g/mol. The van der Waals surface area contributed by atoms with Gasteiger partial charge in [0.1, 0.15) is 11.4 Å². The number of thiophene rings is 1. The van der Waals surface area contributed by atoms with Gasteiger partial charge in [0.25, 0.3) is 0 Å². The summed E-state index contributed by atoms with van der Waals surface area (Å²) in [5.74, 6) is 1.11. The molecule has 2 N–H and O–H groups in total. The number of hydrogen-bond donors (Lipinski definition) is 2. The van der Waals surface area contributed by atoms with Gasteiger partial charge in [0.2, 0.25) is 11.8 Å². The molecule has 6 heteroatoms. The van der Waals surface area contributed by atoms with Crippen LogP contribution in [0.25, 0.3) is 10.2 Å². The average molecular weight is 267 g/mol. The molecular formula is C12H17N3O2S. The van der Waals surface area contributed by atoms with E-state index in [1.165, 1.54) is 4.88 Å². The van der Waals surface area contributed by atoms with Crippen LogP contribution in [-0.4, -0.2) is 34.8 Å². The maximum atomic E-state index is 8.84. The molecule has 0 saturated carbocycles. The lowest BCUT2D eigenvalue weighted by atomic mass is 10.3. The number of hydrogen-bond acceptors (Lipinski definition) is 6. The zero-order chi connectivity index (χ0) is 13.0. The highest BCUT2D eigenvalue weighted by molar-refractivity contribution is 7.18. The molecule has 2 heterocycles. The van der Waals surface area contributed by atoms with Gasteiger partial charge in [-0.2, -0.15) is 4.98 Å². The fraction of sp³-hybridized carbons (Fsp3) is 0.500. The van der Waals surface area contributed by atoms with E-state index < -0.39 is 0 Å². The van der Waals surface area contributed by atoms with Crippen molar-refractivity contribution in [2.24, 2.45) is 0 Å². The van der Waals surface area contributed by atoms with E-state index in [1.807, 2.05) is 6.92 Å². The van der Waals surface area contributed by atoms with Crippen molar-refractivity contribution in [3.63, 3.8) is 0 Å². The maximum Gasteiger partial charge on any atom is 0.227 e. The highest BCUT2D eigenvalue weighted by Gasteiger charge is 2.12. The second-order valence-electron chi connectivity index (χ2n) is 3.74. The zero-order valence-electron chi connectivity index (χ0n) is 10.6. The van der Waals surface area contributed by atoms with Gasteiger partial charge in [-0.1, -0.05) is 6.92 Å². The number of fused-ring (bicyclic) bond motifs is 1. The largest absolute Gasteiger partial charge is 0.475 e. The van der Waals surface area contributed by atoms with Gasteiger partial charge in [0, 0.05) is 11.4 Å². The van der Waals surface area contributed by atoms with Gasteiger partial charge in [0.05, 0.1) is 12.0 Å². The molecule has 2 rings (SSSR count). The summed E-state index contributed by atoms with van der Waals surface area (Å²) in [6, 6.07) is 2.06. The Labute approximate surface area is 110 Å². The van der Waals surface area contributed by atoms with Crippen LogP contribution in [-0.2, 0) is 6.42 Å². The van der Waals surface area contributed by atoms with Gasteiger partial charge < -0.3 is 15.2 Å². The topological polar surface area (TPSA) is 67.3 Å². The first kappa shape index (κ1) is 13.0. The van der Waals surface area contributed by atoms with E-state index >= 15 is 0 Å². The van der Waals surface area contributed by atoms with Crippen LogP contribution in [0.15, 0.2) is 6.07 Å². The fourth-order valence-electron chi connectivity index (χ4n) is 1.61. The molecule has 98 valence electrons. The van der Waals surface area contributed by atoms with Crippen LogP contribution in [0, 0.1) is 0 Å². The lowest BCUT2D eigenvalue weighted by Gasteiger charge is -2.07. The van der Waals surface area contributed by atoms with Crippen LogP contribution >= 0.6 is 11.3 Å². The smallest absolute Gasteiger partial charge is 0.227 e. The SMILES string of the molecule is CCNc1nc(OCCO)c2cc(CC)sc2n1. The minimum atomic E-state index is -0.0210. The van der Waals surface area contributed by atoms with Crippen LogP contribution in [0.2, 0.25) is 0 Å². The number of nitrogens with zero attached hydrogens (tertiary/aromatic N) is 2. The molecule has 0 unspecified atom stereocenters. The quantitative estimate of drug-likeness (QED) is 0.838. The molecule has 0 spiro atoms. The van der Waals surface area contributed by atoms with Crippen molar-refractivity contribution < 1.29 is 9.84 Å². The molecule has 0 bridgehead atoms. The van der Waals surface area contributed by atoms with Gasteiger partial charge >= 0.3 is 0 Å². The molecule has 0 aliphatic rings. The molecule has 0 radical (unpaired) electrons.